The lowest BCUT2D eigenvalue weighted by molar-refractivity contribution is -0.121. The van der Waals surface area contributed by atoms with Gasteiger partial charge < -0.3 is 11.1 Å². The van der Waals surface area contributed by atoms with E-state index in [-0.39, 0.29) is 18.4 Å². The molecular weight excluding hydrogens is 250 g/mol. The molecule has 0 fully saturated rings. The molecule has 3 N–H and O–H groups in total. The molecule has 1 atom stereocenters. The van der Waals surface area contributed by atoms with Crippen LogP contribution in [-0.4, -0.2) is 10.9 Å². The Morgan fingerprint density at radius 2 is 2.00 bits per heavy atom. The highest BCUT2D eigenvalue weighted by Crippen LogP contribution is 2.17. The number of hydrogen-bond donors (Lipinski definition) is 2. The van der Waals surface area contributed by atoms with E-state index in [9.17, 15) is 4.79 Å². The third-order valence-electron chi connectivity index (χ3n) is 3.19. The van der Waals surface area contributed by atoms with Gasteiger partial charge in [0.15, 0.2) is 0 Å². The van der Waals surface area contributed by atoms with Gasteiger partial charge in [-0.15, -0.1) is 0 Å². The molecule has 0 unspecified atom stereocenters. The lowest BCUT2D eigenvalue weighted by atomic mass is 9.99. The van der Waals surface area contributed by atoms with Crippen molar-refractivity contribution in [3.63, 3.8) is 0 Å². The van der Waals surface area contributed by atoms with E-state index in [0.717, 1.165) is 16.8 Å². The van der Waals surface area contributed by atoms with Gasteiger partial charge in [-0.05, 0) is 30.2 Å². The molecule has 1 amide bonds. The van der Waals surface area contributed by atoms with Gasteiger partial charge in [-0.1, -0.05) is 30.3 Å². The fourth-order valence-electron chi connectivity index (χ4n) is 2.08. The third-order valence-corrected chi connectivity index (χ3v) is 3.19. The van der Waals surface area contributed by atoms with Crippen molar-refractivity contribution in [2.24, 2.45) is 5.73 Å². The van der Waals surface area contributed by atoms with Gasteiger partial charge in [0.05, 0.1) is 12.2 Å². The Hall–Kier alpha value is -2.20. The number of amides is 1. The van der Waals surface area contributed by atoms with Crippen molar-refractivity contribution in [3.8, 4) is 0 Å². The summed E-state index contributed by atoms with van der Waals surface area (Å²) in [5.41, 5.74) is 9.05. The highest BCUT2D eigenvalue weighted by Gasteiger charge is 2.13. The van der Waals surface area contributed by atoms with Crippen LogP contribution in [0.2, 0.25) is 0 Å². The zero-order valence-electron chi connectivity index (χ0n) is 11.5. The fraction of sp³-hybridized carbons (Fsp3) is 0.250. The van der Waals surface area contributed by atoms with Crippen molar-refractivity contribution in [2.45, 2.75) is 25.9 Å². The molecule has 1 heterocycles. The van der Waals surface area contributed by atoms with E-state index < -0.39 is 0 Å². The summed E-state index contributed by atoms with van der Waals surface area (Å²) in [6, 6.07) is 13.2. The third kappa shape index (κ3) is 3.90. The summed E-state index contributed by atoms with van der Waals surface area (Å²) >= 11 is 0. The molecule has 104 valence electrons. The number of nitrogens with zero attached hydrogens (tertiary/aromatic N) is 1. The average Bonchev–Trinajstić information content (AvgIpc) is 2.46. The molecule has 0 aliphatic rings. The molecule has 2 aromatic rings. The van der Waals surface area contributed by atoms with Crippen LogP contribution in [0.25, 0.3) is 0 Å². The number of aryl methyl sites for hydroxylation is 1. The largest absolute Gasteiger partial charge is 0.350 e. The van der Waals surface area contributed by atoms with Gasteiger partial charge in [0.2, 0.25) is 5.91 Å². The number of carbonyl (C=O) groups excluding carboxylic acids is 1. The monoisotopic (exact) mass is 269 g/mol. The van der Waals surface area contributed by atoms with E-state index in [2.05, 4.69) is 10.3 Å². The molecule has 0 aliphatic heterocycles. The Kier molecular flexibility index (Phi) is 4.85. The van der Waals surface area contributed by atoms with Crippen LogP contribution in [0, 0.1) is 6.92 Å². The molecule has 0 aliphatic carbocycles. The maximum absolute atomic E-state index is 11.9. The van der Waals surface area contributed by atoms with Crippen LogP contribution in [0.3, 0.4) is 0 Å². The Labute approximate surface area is 119 Å². The van der Waals surface area contributed by atoms with Crippen molar-refractivity contribution in [1.82, 2.24) is 10.3 Å². The van der Waals surface area contributed by atoms with E-state index in [1.807, 2.05) is 49.4 Å². The maximum Gasteiger partial charge on any atom is 0.222 e. The van der Waals surface area contributed by atoms with Gasteiger partial charge in [-0.25, -0.2) is 0 Å². The average molecular weight is 269 g/mol. The first kappa shape index (κ1) is 14.2. The highest BCUT2D eigenvalue weighted by atomic mass is 16.1. The molecule has 0 saturated carbocycles. The lowest BCUT2D eigenvalue weighted by Crippen LogP contribution is -2.27. The number of hydrogen-bond acceptors (Lipinski definition) is 3. The van der Waals surface area contributed by atoms with Crippen LogP contribution in [0.1, 0.15) is 29.3 Å². The molecule has 0 saturated heterocycles. The zero-order chi connectivity index (χ0) is 14.4. The minimum Gasteiger partial charge on any atom is -0.350 e. The molecular formula is C16H19N3O. The van der Waals surface area contributed by atoms with Gasteiger partial charge in [0.25, 0.3) is 0 Å². The van der Waals surface area contributed by atoms with Crippen molar-refractivity contribution in [1.29, 1.82) is 0 Å². The first-order valence-electron chi connectivity index (χ1n) is 6.64. The van der Waals surface area contributed by atoms with Crippen molar-refractivity contribution < 1.29 is 4.79 Å². The summed E-state index contributed by atoms with van der Waals surface area (Å²) in [5.74, 6) is -0.0635. The summed E-state index contributed by atoms with van der Waals surface area (Å²) < 4.78 is 0. The van der Waals surface area contributed by atoms with Crippen LogP contribution in [0.5, 0.6) is 0 Å². The SMILES string of the molecule is Cc1ccccc1[C@@H](N)CC(=O)NCc1ccccn1. The van der Waals surface area contributed by atoms with Crippen molar-refractivity contribution >= 4 is 5.91 Å². The fourth-order valence-corrected chi connectivity index (χ4v) is 2.08. The summed E-state index contributed by atoms with van der Waals surface area (Å²) in [4.78, 5) is 16.0. The minimum atomic E-state index is -0.278. The van der Waals surface area contributed by atoms with Gasteiger partial charge in [-0.3, -0.25) is 9.78 Å². The van der Waals surface area contributed by atoms with E-state index in [1.165, 1.54) is 0 Å². The summed E-state index contributed by atoms with van der Waals surface area (Å²) in [7, 11) is 0. The number of pyridine rings is 1. The molecule has 4 nitrogen and oxygen atoms in total. The Morgan fingerprint density at radius 3 is 2.70 bits per heavy atom. The lowest BCUT2D eigenvalue weighted by Gasteiger charge is -2.14. The molecule has 4 heteroatoms. The van der Waals surface area contributed by atoms with E-state index in [1.54, 1.807) is 6.20 Å². The van der Waals surface area contributed by atoms with E-state index >= 15 is 0 Å². The Bertz CT molecular complexity index is 569. The molecule has 1 aromatic carbocycles. The molecule has 2 rings (SSSR count). The Balaban J connectivity index is 1.87. The number of benzene rings is 1. The van der Waals surface area contributed by atoms with E-state index in [0.29, 0.717) is 6.54 Å². The second-order valence-corrected chi connectivity index (χ2v) is 4.77. The minimum absolute atomic E-state index is 0.0635. The second kappa shape index (κ2) is 6.82. The van der Waals surface area contributed by atoms with Crippen LogP contribution in [0.15, 0.2) is 48.7 Å². The molecule has 20 heavy (non-hydrogen) atoms. The maximum atomic E-state index is 11.9. The summed E-state index contributed by atoms with van der Waals surface area (Å²) in [6.45, 7) is 2.43. The molecule has 1 aromatic heterocycles. The number of nitrogens with one attached hydrogen (secondary N) is 1. The van der Waals surface area contributed by atoms with Crippen LogP contribution in [0.4, 0.5) is 0 Å². The number of aromatic nitrogens is 1. The molecule has 0 bridgehead atoms. The Morgan fingerprint density at radius 1 is 1.25 bits per heavy atom. The number of carbonyl (C=O) groups is 1. The standard InChI is InChI=1S/C16H19N3O/c1-12-6-2-3-8-14(12)15(17)10-16(20)19-11-13-7-4-5-9-18-13/h2-9,15H,10-11,17H2,1H3,(H,19,20)/t15-/m0/s1. The molecule has 0 radical (unpaired) electrons. The van der Waals surface area contributed by atoms with Crippen molar-refractivity contribution in [3.05, 3.63) is 65.5 Å². The quantitative estimate of drug-likeness (QED) is 0.873. The van der Waals surface area contributed by atoms with Crippen LogP contribution in [-0.2, 0) is 11.3 Å². The van der Waals surface area contributed by atoms with Gasteiger partial charge in [0, 0.05) is 18.7 Å². The van der Waals surface area contributed by atoms with Gasteiger partial charge >= 0.3 is 0 Å². The van der Waals surface area contributed by atoms with Crippen molar-refractivity contribution in [2.75, 3.05) is 0 Å². The van der Waals surface area contributed by atoms with Gasteiger partial charge in [-0.2, -0.15) is 0 Å². The smallest absolute Gasteiger partial charge is 0.222 e. The van der Waals surface area contributed by atoms with E-state index in [4.69, 9.17) is 5.73 Å². The van der Waals surface area contributed by atoms with Crippen LogP contribution < -0.4 is 11.1 Å². The van der Waals surface area contributed by atoms with Gasteiger partial charge in [0.1, 0.15) is 0 Å². The summed E-state index contributed by atoms with van der Waals surface area (Å²) in [5, 5.41) is 2.84. The number of nitrogens with two attached hydrogens (primary N) is 1. The first-order chi connectivity index (χ1) is 9.66. The molecule has 0 spiro atoms. The summed E-state index contributed by atoms with van der Waals surface area (Å²) in [6.07, 6.45) is 1.98. The normalized spacial score (nSPS) is 11.9. The second-order valence-electron chi connectivity index (χ2n) is 4.77. The predicted molar refractivity (Wildman–Crippen MR) is 78.8 cm³/mol. The highest BCUT2D eigenvalue weighted by molar-refractivity contribution is 5.76. The number of rotatable bonds is 5. The topological polar surface area (TPSA) is 68.0 Å². The zero-order valence-corrected chi connectivity index (χ0v) is 11.5. The predicted octanol–water partition coefficient (Wildman–Crippen LogP) is 2.10. The first-order valence-corrected chi connectivity index (χ1v) is 6.64. The van der Waals surface area contributed by atoms with Crippen LogP contribution >= 0.6 is 0 Å².